The van der Waals surface area contributed by atoms with Crippen molar-refractivity contribution in [1.29, 1.82) is 0 Å². The number of nitrogens with zero attached hydrogens (tertiary/aromatic N) is 1. The molecule has 0 N–H and O–H groups in total. The Hall–Kier alpha value is -4.59. The standard InChI is InChI=1S/C44H42ClN/c1-43(2,3)35-26-37(45)30-39(27-35)46(38-24-16-23-34(25-38)31-17-10-7-11-18-31)42-40(32-19-12-8-13-20-32)28-36(44(4,5)6)29-41(42)33-21-14-9-15-22-33/h7-30H,1-6H3. The summed E-state index contributed by atoms with van der Waals surface area (Å²) in [5, 5.41) is 0.723. The van der Waals surface area contributed by atoms with Gasteiger partial charge in [-0.2, -0.15) is 0 Å². The van der Waals surface area contributed by atoms with Crippen molar-refractivity contribution in [2.45, 2.75) is 52.4 Å². The average Bonchev–Trinajstić information content (AvgIpc) is 3.05. The van der Waals surface area contributed by atoms with E-state index in [9.17, 15) is 0 Å². The lowest BCUT2D eigenvalue weighted by Crippen LogP contribution is -2.17. The molecule has 6 aromatic carbocycles. The number of rotatable bonds is 6. The predicted molar refractivity (Wildman–Crippen MR) is 200 cm³/mol. The van der Waals surface area contributed by atoms with Crippen molar-refractivity contribution in [2.24, 2.45) is 0 Å². The monoisotopic (exact) mass is 619 g/mol. The zero-order chi connectivity index (χ0) is 32.5. The van der Waals surface area contributed by atoms with Gasteiger partial charge in [0, 0.05) is 27.5 Å². The molecule has 0 atom stereocenters. The maximum absolute atomic E-state index is 6.97. The van der Waals surface area contributed by atoms with Crippen LogP contribution in [0.3, 0.4) is 0 Å². The van der Waals surface area contributed by atoms with Crippen LogP contribution in [0.15, 0.2) is 146 Å². The molecule has 0 bridgehead atoms. The lowest BCUT2D eigenvalue weighted by Gasteiger charge is -2.33. The largest absolute Gasteiger partial charge is 0.309 e. The van der Waals surface area contributed by atoms with E-state index in [1.54, 1.807) is 0 Å². The third-order valence-corrected chi connectivity index (χ3v) is 8.81. The van der Waals surface area contributed by atoms with Crippen LogP contribution in [0.2, 0.25) is 5.02 Å². The molecule has 0 amide bonds. The van der Waals surface area contributed by atoms with Crippen LogP contribution >= 0.6 is 11.6 Å². The van der Waals surface area contributed by atoms with E-state index in [1.165, 1.54) is 38.9 Å². The summed E-state index contributed by atoms with van der Waals surface area (Å²) in [6.45, 7) is 13.6. The van der Waals surface area contributed by atoms with E-state index >= 15 is 0 Å². The van der Waals surface area contributed by atoms with Gasteiger partial charge in [-0.1, -0.05) is 156 Å². The van der Waals surface area contributed by atoms with Crippen molar-refractivity contribution in [1.82, 2.24) is 0 Å². The Morgan fingerprint density at radius 2 is 0.870 bits per heavy atom. The van der Waals surface area contributed by atoms with Crippen LogP contribution in [0, 0.1) is 0 Å². The van der Waals surface area contributed by atoms with Crippen molar-refractivity contribution < 1.29 is 0 Å². The van der Waals surface area contributed by atoms with Crippen molar-refractivity contribution in [2.75, 3.05) is 4.90 Å². The van der Waals surface area contributed by atoms with Gasteiger partial charge in [0.05, 0.1) is 5.69 Å². The molecular weight excluding hydrogens is 578 g/mol. The maximum Gasteiger partial charge on any atom is 0.0618 e. The van der Waals surface area contributed by atoms with Gasteiger partial charge in [0.15, 0.2) is 0 Å². The summed E-state index contributed by atoms with van der Waals surface area (Å²) in [6.07, 6.45) is 0. The zero-order valence-corrected chi connectivity index (χ0v) is 28.4. The topological polar surface area (TPSA) is 3.24 Å². The van der Waals surface area contributed by atoms with Crippen molar-refractivity contribution in [3.8, 4) is 33.4 Å². The predicted octanol–water partition coefficient (Wildman–Crippen LogP) is 13.4. The Labute approximate surface area is 280 Å². The summed E-state index contributed by atoms with van der Waals surface area (Å²) < 4.78 is 0. The quantitative estimate of drug-likeness (QED) is 0.179. The smallest absolute Gasteiger partial charge is 0.0618 e. The van der Waals surface area contributed by atoms with E-state index in [1.807, 2.05) is 0 Å². The highest BCUT2D eigenvalue weighted by Gasteiger charge is 2.27. The highest BCUT2D eigenvalue weighted by atomic mass is 35.5. The van der Waals surface area contributed by atoms with Crippen molar-refractivity contribution in [3.63, 3.8) is 0 Å². The average molecular weight is 620 g/mol. The molecule has 0 saturated heterocycles. The van der Waals surface area contributed by atoms with E-state index in [0.717, 1.165) is 27.6 Å². The molecule has 0 aliphatic carbocycles. The number of anilines is 3. The van der Waals surface area contributed by atoms with Crippen LogP contribution in [0.25, 0.3) is 33.4 Å². The SMILES string of the molecule is CC(C)(C)c1cc(Cl)cc(N(c2cccc(-c3ccccc3)c2)c2c(-c3ccccc3)cc(C(C)(C)C)cc2-c2ccccc2)c1. The molecule has 46 heavy (non-hydrogen) atoms. The molecule has 0 radical (unpaired) electrons. The second kappa shape index (κ2) is 12.7. The van der Waals surface area contributed by atoms with E-state index in [4.69, 9.17) is 11.6 Å². The van der Waals surface area contributed by atoms with Crippen LogP contribution in [0.4, 0.5) is 17.1 Å². The van der Waals surface area contributed by atoms with E-state index in [-0.39, 0.29) is 10.8 Å². The van der Waals surface area contributed by atoms with Gasteiger partial charge in [0.2, 0.25) is 0 Å². The summed E-state index contributed by atoms with van der Waals surface area (Å²) in [4.78, 5) is 2.42. The number of hydrogen-bond donors (Lipinski definition) is 0. The summed E-state index contributed by atoms with van der Waals surface area (Å²) >= 11 is 6.97. The van der Waals surface area contributed by atoms with Crippen LogP contribution in [-0.4, -0.2) is 0 Å². The maximum atomic E-state index is 6.97. The molecular formula is C44H42ClN. The molecule has 2 heteroatoms. The van der Waals surface area contributed by atoms with E-state index in [0.29, 0.717) is 0 Å². The summed E-state index contributed by atoms with van der Waals surface area (Å²) in [7, 11) is 0. The van der Waals surface area contributed by atoms with Crippen molar-refractivity contribution in [3.05, 3.63) is 162 Å². The lowest BCUT2D eigenvalue weighted by molar-refractivity contribution is 0.590. The van der Waals surface area contributed by atoms with Crippen molar-refractivity contribution >= 4 is 28.7 Å². The van der Waals surface area contributed by atoms with Crippen LogP contribution < -0.4 is 4.90 Å². The molecule has 0 saturated carbocycles. The molecule has 0 spiro atoms. The molecule has 230 valence electrons. The molecule has 6 aromatic rings. The van der Waals surface area contributed by atoms with Gasteiger partial charge < -0.3 is 4.90 Å². The lowest BCUT2D eigenvalue weighted by atomic mass is 9.81. The number of benzene rings is 6. The van der Waals surface area contributed by atoms with Gasteiger partial charge in [-0.15, -0.1) is 0 Å². The Morgan fingerprint density at radius 3 is 1.37 bits per heavy atom. The first-order valence-corrected chi connectivity index (χ1v) is 16.4. The highest BCUT2D eigenvalue weighted by molar-refractivity contribution is 6.31. The minimum atomic E-state index is -0.0855. The fraction of sp³-hybridized carbons (Fsp3) is 0.182. The first kappa shape index (κ1) is 31.4. The Kier molecular flexibility index (Phi) is 8.64. The summed E-state index contributed by atoms with van der Waals surface area (Å²) in [5.41, 5.74) is 12.6. The van der Waals surface area contributed by atoms with Gasteiger partial charge >= 0.3 is 0 Å². The minimum Gasteiger partial charge on any atom is -0.309 e. The first-order valence-electron chi connectivity index (χ1n) is 16.0. The van der Waals surface area contributed by atoms with Gasteiger partial charge in [-0.3, -0.25) is 0 Å². The Morgan fingerprint density at radius 1 is 0.413 bits per heavy atom. The second-order valence-corrected chi connectivity index (χ2v) is 14.5. The molecule has 0 unspecified atom stereocenters. The minimum absolute atomic E-state index is 0.0564. The molecule has 1 nitrogen and oxygen atoms in total. The molecule has 0 aromatic heterocycles. The van der Waals surface area contributed by atoms with Gasteiger partial charge in [0.1, 0.15) is 0 Å². The summed E-state index contributed by atoms with van der Waals surface area (Å²) in [5.74, 6) is 0. The molecule has 0 aliphatic heterocycles. The number of hydrogen-bond acceptors (Lipinski definition) is 1. The van der Waals surface area contributed by atoms with Gasteiger partial charge in [-0.05, 0) is 86.7 Å². The second-order valence-electron chi connectivity index (χ2n) is 14.1. The highest BCUT2D eigenvalue weighted by Crippen LogP contribution is 2.49. The van der Waals surface area contributed by atoms with Gasteiger partial charge in [-0.25, -0.2) is 0 Å². The zero-order valence-electron chi connectivity index (χ0n) is 27.7. The third kappa shape index (κ3) is 6.66. The fourth-order valence-electron chi connectivity index (χ4n) is 5.98. The molecule has 0 heterocycles. The Balaban J connectivity index is 1.76. The Bertz CT molecular complexity index is 1890. The van der Waals surface area contributed by atoms with Gasteiger partial charge in [0.25, 0.3) is 0 Å². The molecule has 6 rings (SSSR count). The molecule has 0 fully saturated rings. The van der Waals surface area contributed by atoms with Crippen LogP contribution in [0.1, 0.15) is 52.7 Å². The van der Waals surface area contributed by atoms with E-state index in [2.05, 4.69) is 192 Å². The first-order chi connectivity index (χ1) is 22.0. The summed E-state index contributed by atoms with van der Waals surface area (Å²) in [6, 6.07) is 52.3. The fourth-order valence-corrected chi connectivity index (χ4v) is 6.21. The van der Waals surface area contributed by atoms with Crippen LogP contribution in [0.5, 0.6) is 0 Å². The number of halogens is 1. The normalized spacial score (nSPS) is 11.8. The molecule has 0 aliphatic rings. The van der Waals surface area contributed by atoms with Crippen LogP contribution in [-0.2, 0) is 10.8 Å². The van der Waals surface area contributed by atoms with E-state index < -0.39 is 0 Å². The third-order valence-electron chi connectivity index (χ3n) is 8.59.